The van der Waals surface area contributed by atoms with Gasteiger partial charge in [-0.2, -0.15) is 0 Å². The van der Waals surface area contributed by atoms with Crippen molar-refractivity contribution >= 4 is 35.1 Å². The lowest BCUT2D eigenvalue weighted by Gasteiger charge is -2.21. The molecule has 3 amide bonds. The molecule has 1 aliphatic rings. The van der Waals surface area contributed by atoms with Crippen molar-refractivity contribution in [2.24, 2.45) is 0 Å². The number of halogens is 1. The first-order chi connectivity index (χ1) is 10.0. The van der Waals surface area contributed by atoms with E-state index in [1.807, 2.05) is 6.92 Å². The van der Waals surface area contributed by atoms with E-state index >= 15 is 0 Å². The largest absolute Gasteiger partial charge is 0.370 e. The van der Waals surface area contributed by atoms with Crippen LogP contribution in [0, 0.1) is 0 Å². The van der Waals surface area contributed by atoms with Gasteiger partial charge in [0.05, 0.1) is 5.02 Å². The molecule has 112 valence electrons. The number of carbonyl (C=O) groups is 3. The Bertz CT molecular complexity index is 591. The Labute approximate surface area is 126 Å². The number of pyridine rings is 1. The van der Waals surface area contributed by atoms with Gasteiger partial charge in [-0.3, -0.25) is 19.7 Å². The molecule has 0 radical (unpaired) electrons. The molecule has 21 heavy (non-hydrogen) atoms. The minimum absolute atomic E-state index is 0.0415. The lowest BCUT2D eigenvalue weighted by molar-refractivity contribution is -0.134. The van der Waals surface area contributed by atoms with Crippen LogP contribution in [0.3, 0.4) is 0 Å². The molecular weight excluding hydrogens is 296 g/mol. The fourth-order valence-electron chi connectivity index (χ4n) is 1.94. The van der Waals surface area contributed by atoms with Gasteiger partial charge in [-0.1, -0.05) is 11.6 Å². The SMILES string of the molecule is CCNc1ccc(Cl)c(C(=O)NC2CCC(=O)NC2=O)n1. The molecule has 1 fully saturated rings. The Kier molecular flexibility index (Phi) is 4.74. The Morgan fingerprint density at radius 1 is 1.48 bits per heavy atom. The van der Waals surface area contributed by atoms with Gasteiger partial charge in [0, 0.05) is 13.0 Å². The van der Waals surface area contributed by atoms with Crippen LogP contribution in [0.2, 0.25) is 5.02 Å². The van der Waals surface area contributed by atoms with E-state index in [1.165, 1.54) is 0 Å². The number of imide groups is 1. The summed E-state index contributed by atoms with van der Waals surface area (Å²) in [5, 5.41) is 7.88. The minimum atomic E-state index is -0.754. The molecule has 1 aliphatic heterocycles. The zero-order valence-corrected chi connectivity index (χ0v) is 12.2. The van der Waals surface area contributed by atoms with Crippen LogP contribution in [-0.2, 0) is 9.59 Å². The van der Waals surface area contributed by atoms with Crippen molar-refractivity contribution in [2.75, 3.05) is 11.9 Å². The lowest BCUT2D eigenvalue weighted by Crippen LogP contribution is -2.52. The molecule has 0 aliphatic carbocycles. The quantitative estimate of drug-likeness (QED) is 0.711. The molecule has 8 heteroatoms. The van der Waals surface area contributed by atoms with Crippen molar-refractivity contribution in [1.82, 2.24) is 15.6 Å². The van der Waals surface area contributed by atoms with E-state index in [1.54, 1.807) is 12.1 Å². The Balaban J connectivity index is 2.11. The predicted molar refractivity (Wildman–Crippen MR) is 77.0 cm³/mol. The summed E-state index contributed by atoms with van der Waals surface area (Å²) < 4.78 is 0. The molecule has 1 atom stereocenters. The Hall–Kier alpha value is -2.15. The van der Waals surface area contributed by atoms with Crippen molar-refractivity contribution in [3.05, 3.63) is 22.8 Å². The van der Waals surface area contributed by atoms with E-state index in [0.717, 1.165) is 0 Å². The summed E-state index contributed by atoms with van der Waals surface area (Å²) in [5.74, 6) is -0.876. The Morgan fingerprint density at radius 3 is 2.90 bits per heavy atom. The third kappa shape index (κ3) is 3.69. The molecule has 1 aromatic rings. The average molecular weight is 311 g/mol. The summed E-state index contributed by atoms with van der Waals surface area (Å²) in [6, 6.07) is 2.47. The summed E-state index contributed by atoms with van der Waals surface area (Å²) in [4.78, 5) is 39.0. The van der Waals surface area contributed by atoms with Crippen LogP contribution in [0.15, 0.2) is 12.1 Å². The van der Waals surface area contributed by atoms with Crippen LogP contribution in [0.4, 0.5) is 5.82 Å². The van der Waals surface area contributed by atoms with Crippen LogP contribution in [0.5, 0.6) is 0 Å². The number of piperidine rings is 1. The van der Waals surface area contributed by atoms with Crippen molar-refractivity contribution in [1.29, 1.82) is 0 Å². The smallest absolute Gasteiger partial charge is 0.272 e. The van der Waals surface area contributed by atoms with Gasteiger partial charge in [0.1, 0.15) is 17.6 Å². The van der Waals surface area contributed by atoms with E-state index in [4.69, 9.17) is 11.6 Å². The summed E-state index contributed by atoms with van der Waals surface area (Å²) in [6.07, 6.45) is 0.455. The number of aromatic nitrogens is 1. The highest BCUT2D eigenvalue weighted by Gasteiger charge is 2.29. The zero-order chi connectivity index (χ0) is 15.4. The van der Waals surface area contributed by atoms with Gasteiger partial charge in [0.2, 0.25) is 11.8 Å². The van der Waals surface area contributed by atoms with Gasteiger partial charge in [-0.15, -0.1) is 0 Å². The highest BCUT2D eigenvalue weighted by molar-refractivity contribution is 6.33. The molecule has 7 nitrogen and oxygen atoms in total. The first-order valence-corrected chi connectivity index (χ1v) is 6.94. The fourth-order valence-corrected chi connectivity index (χ4v) is 2.13. The van der Waals surface area contributed by atoms with Crippen molar-refractivity contribution < 1.29 is 14.4 Å². The number of anilines is 1. The second-order valence-electron chi connectivity index (χ2n) is 4.53. The number of hydrogen-bond donors (Lipinski definition) is 3. The van der Waals surface area contributed by atoms with Gasteiger partial charge in [0.15, 0.2) is 0 Å². The average Bonchev–Trinajstić information content (AvgIpc) is 2.44. The second kappa shape index (κ2) is 6.53. The molecule has 1 saturated heterocycles. The molecule has 1 aromatic heterocycles. The van der Waals surface area contributed by atoms with Crippen LogP contribution in [0.1, 0.15) is 30.3 Å². The van der Waals surface area contributed by atoms with Gasteiger partial charge < -0.3 is 10.6 Å². The lowest BCUT2D eigenvalue weighted by atomic mass is 10.1. The van der Waals surface area contributed by atoms with E-state index in [2.05, 4.69) is 20.9 Å². The molecule has 0 aromatic carbocycles. The first-order valence-electron chi connectivity index (χ1n) is 6.56. The molecular formula is C13H15ClN4O3. The van der Waals surface area contributed by atoms with Gasteiger partial charge in [-0.05, 0) is 25.5 Å². The number of carbonyl (C=O) groups excluding carboxylic acids is 3. The maximum absolute atomic E-state index is 12.2. The molecule has 2 rings (SSSR count). The third-order valence-electron chi connectivity index (χ3n) is 2.96. The minimum Gasteiger partial charge on any atom is -0.370 e. The second-order valence-corrected chi connectivity index (χ2v) is 4.94. The number of amides is 3. The van der Waals surface area contributed by atoms with Crippen molar-refractivity contribution in [2.45, 2.75) is 25.8 Å². The van der Waals surface area contributed by atoms with Crippen molar-refractivity contribution in [3.63, 3.8) is 0 Å². The predicted octanol–water partition coefficient (Wildman–Crippen LogP) is 0.702. The van der Waals surface area contributed by atoms with Crippen molar-refractivity contribution in [3.8, 4) is 0 Å². The molecule has 3 N–H and O–H groups in total. The van der Waals surface area contributed by atoms with Crippen LogP contribution < -0.4 is 16.0 Å². The molecule has 1 unspecified atom stereocenters. The number of nitrogens with zero attached hydrogens (tertiary/aromatic N) is 1. The highest BCUT2D eigenvalue weighted by atomic mass is 35.5. The van der Waals surface area contributed by atoms with Crippen LogP contribution >= 0.6 is 11.6 Å². The summed E-state index contributed by atoms with van der Waals surface area (Å²) in [5.41, 5.74) is 0.0415. The third-order valence-corrected chi connectivity index (χ3v) is 3.27. The van der Waals surface area contributed by atoms with Gasteiger partial charge in [-0.25, -0.2) is 4.98 Å². The molecule has 2 heterocycles. The number of rotatable bonds is 4. The van der Waals surface area contributed by atoms with E-state index in [0.29, 0.717) is 12.4 Å². The standard InChI is InChI=1S/C13H15ClN4O3/c1-2-15-9-5-3-7(14)11(17-9)13(21)16-8-4-6-10(19)18-12(8)20/h3,5,8H,2,4,6H2,1H3,(H,15,17)(H,16,21)(H,18,19,20). The van der Waals surface area contributed by atoms with Crippen LogP contribution in [0.25, 0.3) is 0 Å². The van der Waals surface area contributed by atoms with Gasteiger partial charge in [0.25, 0.3) is 5.91 Å². The summed E-state index contributed by atoms with van der Waals surface area (Å²) in [7, 11) is 0. The maximum Gasteiger partial charge on any atom is 0.272 e. The first kappa shape index (κ1) is 15.2. The monoisotopic (exact) mass is 310 g/mol. The van der Waals surface area contributed by atoms with E-state index in [9.17, 15) is 14.4 Å². The van der Waals surface area contributed by atoms with Crippen LogP contribution in [-0.4, -0.2) is 35.3 Å². The molecule has 0 spiro atoms. The summed E-state index contributed by atoms with van der Waals surface area (Å²) in [6.45, 7) is 2.56. The maximum atomic E-state index is 12.2. The number of hydrogen-bond acceptors (Lipinski definition) is 5. The topological polar surface area (TPSA) is 100 Å². The summed E-state index contributed by atoms with van der Waals surface area (Å²) >= 11 is 5.96. The highest BCUT2D eigenvalue weighted by Crippen LogP contribution is 2.17. The number of nitrogens with one attached hydrogen (secondary N) is 3. The van der Waals surface area contributed by atoms with E-state index in [-0.39, 0.29) is 29.5 Å². The Morgan fingerprint density at radius 2 is 2.24 bits per heavy atom. The van der Waals surface area contributed by atoms with E-state index < -0.39 is 17.9 Å². The zero-order valence-electron chi connectivity index (χ0n) is 11.4. The normalized spacial score (nSPS) is 18.1. The molecule has 0 saturated carbocycles. The fraction of sp³-hybridized carbons (Fsp3) is 0.385. The molecule has 0 bridgehead atoms. The van der Waals surface area contributed by atoms with Gasteiger partial charge >= 0.3 is 0 Å².